The summed E-state index contributed by atoms with van der Waals surface area (Å²) in [6.07, 6.45) is 1.34. The van der Waals surface area contributed by atoms with E-state index in [0.29, 0.717) is 25.8 Å². The molecule has 0 aliphatic heterocycles. The summed E-state index contributed by atoms with van der Waals surface area (Å²) in [5, 5.41) is 8.31. The third kappa shape index (κ3) is 3.83. The molecule has 3 aromatic heterocycles. The Morgan fingerprint density at radius 2 is 2.03 bits per heavy atom. The highest BCUT2D eigenvalue weighted by molar-refractivity contribution is 9.10. The van der Waals surface area contributed by atoms with Crippen LogP contribution in [0.1, 0.15) is 4.88 Å². The SMILES string of the molecule is Cc1sc(NC(=O)Cn2cnc3c(c(Br)nn3C)c2=O)nc1-c1ccc(Cl)cc1. The van der Waals surface area contributed by atoms with Crippen LogP contribution in [0, 0.1) is 6.92 Å². The molecule has 0 bridgehead atoms. The molecule has 0 spiro atoms. The van der Waals surface area contributed by atoms with E-state index in [1.807, 2.05) is 19.1 Å². The number of amides is 1. The molecule has 1 aromatic carbocycles. The molecule has 11 heteroatoms. The van der Waals surface area contributed by atoms with E-state index >= 15 is 0 Å². The molecular weight excluding hydrogens is 480 g/mol. The molecule has 4 aromatic rings. The second kappa shape index (κ2) is 7.69. The summed E-state index contributed by atoms with van der Waals surface area (Å²) in [7, 11) is 1.69. The minimum atomic E-state index is -0.371. The Morgan fingerprint density at radius 1 is 1.31 bits per heavy atom. The lowest BCUT2D eigenvalue weighted by Gasteiger charge is -2.05. The van der Waals surface area contributed by atoms with E-state index < -0.39 is 0 Å². The van der Waals surface area contributed by atoms with E-state index in [1.165, 1.54) is 26.9 Å². The Labute approximate surface area is 182 Å². The number of anilines is 1. The number of benzene rings is 1. The highest BCUT2D eigenvalue weighted by Gasteiger charge is 2.16. The zero-order chi connectivity index (χ0) is 20.7. The molecule has 1 amide bonds. The largest absolute Gasteiger partial charge is 0.300 e. The summed E-state index contributed by atoms with van der Waals surface area (Å²) in [6, 6.07) is 7.34. The molecule has 3 heterocycles. The van der Waals surface area contributed by atoms with Gasteiger partial charge in [0.25, 0.3) is 5.56 Å². The number of hydrogen-bond donors (Lipinski definition) is 1. The van der Waals surface area contributed by atoms with Crippen molar-refractivity contribution in [2.24, 2.45) is 7.05 Å². The number of halogens is 2. The Morgan fingerprint density at radius 3 is 2.76 bits per heavy atom. The number of aryl methyl sites for hydroxylation is 2. The van der Waals surface area contributed by atoms with Gasteiger partial charge in [-0.25, -0.2) is 14.6 Å². The van der Waals surface area contributed by atoms with Gasteiger partial charge in [-0.2, -0.15) is 5.10 Å². The predicted molar refractivity (Wildman–Crippen MR) is 116 cm³/mol. The number of nitrogens with zero attached hydrogens (tertiary/aromatic N) is 5. The van der Waals surface area contributed by atoms with Gasteiger partial charge in [-0.05, 0) is 35.0 Å². The van der Waals surface area contributed by atoms with Crippen LogP contribution in [0.2, 0.25) is 5.02 Å². The molecule has 8 nitrogen and oxygen atoms in total. The monoisotopic (exact) mass is 492 g/mol. The van der Waals surface area contributed by atoms with Gasteiger partial charge in [0.1, 0.15) is 22.9 Å². The maximum Gasteiger partial charge on any atom is 0.266 e. The molecule has 0 aliphatic rings. The maximum atomic E-state index is 12.7. The fourth-order valence-electron chi connectivity index (χ4n) is 2.89. The van der Waals surface area contributed by atoms with Crippen LogP contribution in [0.15, 0.2) is 40.0 Å². The third-order valence-electron chi connectivity index (χ3n) is 4.24. The van der Waals surface area contributed by atoms with Gasteiger partial charge < -0.3 is 5.32 Å². The number of nitrogens with one attached hydrogen (secondary N) is 1. The summed E-state index contributed by atoms with van der Waals surface area (Å²) < 4.78 is 3.14. The summed E-state index contributed by atoms with van der Waals surface area (Å²) in [4.78, 5) is 34.8. The minimum absolute atomic E-state index is 0.183. The van der Waals surface area contributed by atoms with Crippen molar-refractivity contribution in [3.8, 4) is 11.3 Å². The van der Waals surface area contributed by atoms with Crippen molar-refractivity contribution in [1.29, 1.82) is 0 Å². The minimum Gasteiger partial charge on any atom is -0.300 e. The zero-order valence-electron chi connectivity index (χ0n) is 15.3. The Balaban J connectivity index is 1.55. The number of hydrogen-bond acceptors (Lipinski definition) is 6. The number of carbonyl (C=O) groups is 1. The number of rotatable bonds is 4. The highest BCUT2D eigenvalue weighted by Crippen LogP contribution is 2.31. The molecule has 148 valence electrons. The summed E-state index contributed by atoms with van der Waals surface area (Å²) in [5.41, 5.74) is 1.79. The van der Waals surface area contributed by atoms with Crippen LogP contribution < -0.4 is 10.9 Å². The molecule has 0 aliphatic carbocycles. The van der Waals surface area contributed by atoms with Crippen LogP contribution in [0.3, 0.4) is 0 Å². The number of carbonyl (C=O) groups excluding carboxylic acids is 1. The van der Waals surface area contributed by atoms with Crippen molar-refractivity contribution in [2.45, 2.75) is 13.5 Å². The first kappa shape index (κ1) is 19.7. The van der Waals surface area contributed by atoms with Gasteiger partial charge in [-0.15, -0.1) is 11.3 Å². The average Bonchev–Trinajstić information content (AvgIpc) is 3.17. The summed E-state index contributed by atoms with van der Waals surface area (Å²) >= 11 is 10.6. The maximum absolute atomic E-state index is 12.7. The zero-order valence-corrected chi connectivity index (χ0v) is 18.5. The second-order valence-corrected chi connectivity index (χ2v) is 8.66. The quantitative estimate of drug-likeness (QED) is 0.469. The Hall–Kier alpha value is -2.56. The van der Waals surface area contributed by atoms with Gasteiger partial charge in [0.05, 0.1) is 5.69 Å². The first-order valence-electron chi connectivity index (χ1n) is 8.44. The van der Waals surface area contributed by atoms with Crippen molar-refractivity contribution >= 4 is 60.9 Å². The molecule has 4 rings (SSSR count). The van der Waals surface area contributed by atoms with Crippen molar-refractivity contribution in [1.82, 2.24) is 24.3 Å². The lowest BCUT2D eigenvalue weighted by molar-refractivity contribution is -0.116. The summed E-state index contributed by atoms with van der Waals surface area (Å²) in [6.45, 7) is 1.75. The molecule has 1 N–H and O–H groups in total. The van der Waals surface area contributed by atoms with Crippen molar-refractivity contribution in [3.05, 3.63) is 55.4 Å². The normalized spacial score (nSPS) is 11.2. The number of fused-ring (bicyclic) bond motifs is 1. The van der Waals surface area contributed by atoms with Crippen LogP contribution in [-0.2, 0) is 18.4 Å². The van der Waals surface area contributed by atoms with Crippen LogP contribution in [0.5, 0.6) is 0 Å². The van der Waals surface area contributed by atoms with E-state index in [0.717, 1.165) is 16.1 Å². The molecule has 0 saturated carbocycles. The van der Waals surface area contributed by atoms with E-state index in [2.05, 4.69) is 36.3 Å². The topological polar surface area (TPSA) is 94.7 Å². The highest BCUT2D eigenvalue weighted by atomic mass is 79.9. The average molecular weight is 494 g/mol. The molecule has 0 fully saturated rings. The Bertz CT molecular complexity index is 1290. The molecule has 0 atom stereocenters. The van der Waals surface area contributed by atoms with E-state index in [1.54, 1.807) is 19.2 Å². The van der Waals surface area contributed by atoms with Gasteiger partial charge >= 0.3 is 0 Å². The van der Waals surface area contributed by atoms with Crippen LogP contribution in [0.25, 0.3) is 22.3 Å². The smallest absolute Gasteiger partial charge is 0.266 e. The van der Waals surface area contributed by atoms with Gasteiger partial charge in [0.15, 0.2) is 10.8 Å². The first-order chi connectivity index (χ1) is 13.8. The van der Waals surface area contributed by atoms with Crippen molar-refractivity contribution in [3.63, 3.8) is 0 Å². The fourth-order valence-corrected chi connectivity index (χ4v) is 4.45. The Kier molecular flexibility index (Phi) is 5.24. The van der Waals surface area contributed by atoms with E-state index in [-0.39, 0.29) is 18.0 Å². The fraction of sp³-hybridized carbons (Fsp3) is 0.167. The lowest BCUT2D eigenvalue weighted by atomic mass is 10.1. The molecule has 0 saturated heterocycles. The van der Waals surface area contributed by atoms with Gasteiger partial charge in [-0.1, -0.05) is 23.7 Å². The third-order valence-corrected chi connectivity index (χ3v) is 5.94. The molecule has 29 heavy (non-hydrogen) atoms. The second-order valence-electron chi connectivity index (χ2n) is 6.27. The van der Waals surface area contributed by atoms with Gasteiger partial charge in [0.2, 0.25) is 5.91 Å². The molecule has 0 radical (unpaired) electrons. The predicted octanol–water partition coefficient (Wildman–Crippen LogP) is 3.62. The van der Waals surface area contributed by atoms with E-state index in [9.17, 15) is 9.59 Å². The molecular formula is C18H14BrClN6O2S. The number of thiazole rings is 1. The van der Waals surface area contributed by atoms with Crippen LogP contribution >= 0.6 is 38.9 Å². The van der Waals surface area contributed by atoms with E-state index in [4.69, 9.17) is 11.6 Å². The van der Waals surface area contributed by atoms with Crippen LogP contribution in [0.4, 0.5) is 5.13 Å². The number of aromatic nitrogens is 5. The lowest BCUT2D eigenvalue weighted by Crippen LogP contribution is -2.28. The molecule has 0 unspecified atom stereocenters. The van der Waals surface area contributed by atoms with Crippen molar-refractivity contribution < 1.29 is 4.79 Å². The van der Waals surface area contributed by atoms with Crippen molar-refractivity contribution in [2.75, 3.05) is 5.32 Å². The standard InChI is InChI=1S/C18H14BrClN6O2S/c1-9-14(10-3-5-11(20)6-4-10)23-18(29-9)22-12(27)7-26-8-21-16-13(17(26)28)15(19)24-25(16)2/h3-6,8H,7H2,1-2H3,(H,22,23,27). The van der Waals surface area contributed by atoms with Gasteiger partial charge in [0, 0.05) is 22.5 Å². The first-order valence-corrected chi connectivity index (χ1v) is 10.4. The van der Waals surface area contributed by atoms with Gasteiger partial charge in [-0.3, -0.25) is 14.2 Å². The summed E-state index contributed by atoms with van der Waals surface area (Å²) in [5.74, 6) is -0.371. The van der Waals surface area contributed by atoms with Crippen LogP contribution in [-0.4, -0.2) is 30.2 Å².